The van der Waals surface area contributed by atoms with Crippen molar-refractivity contribution in [3.63, 3.8) is 0 Å². The molecule has 2 rings (SSSR count). The molecule has 4 heteroatoms. The van der Waals surface area contributed by atoms with Crippen LogP contribution in [0, 0.1) is 0 Å². The van der Waals surface area contributed by atoms with Gasteiger partial charge in [-0.25, -0.2) is 0 Å². The molecular weight excluding hydrogens is 392 g/mol. The molecule has 2 aromatic rings. The van der Waals surface area contributed by atoms with Crippen molar-refractivity contribution in [3.8, 4) is 0 Å². The zero-order chi connectivity index (χ0) is 23.3. The van der Waals surface area contributed by atoms with Crippen molar-refractivity contribution in [1.82, 2.24) is 0 Å². The number of hydrogen-bond acceptors (Lipinski definition) is 4. The predicted molar refractivity (Wildman–Crippen MR) is 144 cm³/mol. The van der Waals surface area contributed by atoms with Gasteiger partial charge in [0, 0.05) is 38.6 Å². The summed E-state index contributed by atoms with van der Waals surface area (Å²) in [5, 5.41) is 0. The van der Waals surface area contributed by atoms with Gasteiger partial charge in [0.05, 0.1) is 22.8 Å². The summed E-state index contributed by atoms with van der Waals surface area (Å²) < 4.78 is 0. The lowest BCUT2D eigenvalue weighted by atomic mass is 10.0. The molecule has 32 heavy (non-hydrogen) atoms. The molecule has 0 aliphatic carbocycles. The average molecular weight is 435 g/mol. The molecule has 0 heterocycles. The number of hydrogen-bond donors (Lipinski definition) is 0. The smallest absolute Gasteiger partial charge is 0.0654 e. The van der Waals surface area contributed by atoms with Crippen molar-refractivity contribution in [2.75, 3.05) is 37.0 Å². The van der Waals surface area contributed by atoms with Crippen molar-refractivity contribution < 1.29 is 0 Å². The highest BCUT2D eigenvalue weighted by atomic mass is 15.1. The second kappa shape index (κ2) is 13.7. The molecule has 0 N–H and O–H groups in total. The van der Waals surface area contributed by atoms with E-state index in [4.69, 9.17) is 9.98 Å². The highest BCUT2D eigenvalue weighted by Gasteiger charge is 2.11. The zero-order valence-electron chi connectivity index (χ0n) is 21.1. The van der Waals surface area contributed by atoms with Crippen LogP contribution in [0.25, 0.3) is 0 Å². The maximum absolute atomic E-state index is 5.15. The Hall–Kier alpha value is -2.62. The quantitative estimate of drug-likeness (QED) is 0.301. The molecule has 0 radical (unpaired) electrons. The van der Waals surface area contributed by atoms with E-state index in [0.717, 1.165) is 74.4 Å². The van der Waals surface area contributed by atoms with Gasteiger partial charge < -0.3 is 9.80 Å². The van der Waals surface area contributed by atoms with Gasteiger partial charge in [0.2, 0.25) is 0 Å². The number of aliphatic imine (C=N–C) groups is 2. The molecule has 0 amide bonds. The van der Waals surface area contributed by atoms with E-state index in [-0.39, 0.29) is 0 Å². The zero-order valence-corrected chi connectivity index (χ0v) is 21.1. The summed E-state index contributed by atoms with van der Waals surface area (Å²) in [6, 6.07) is 17.1. The second-order valence-electron chi connectivity index (χ2n) is 8.39. The lowest BCUT2D eigenvalue weighted by Gasteiger charge is -2.18. The Morgan fingerprint density at radius 1 is 0.656 bits per heavy atom. The molecule has 0 aliphatic heterocycles. The van der Waals surface area contributed by atoms with E-state index < -0.39 is 0 Å². The lowest BCUT2D eigenvalue weighted by Crippen LogP contribution is -2.16. The molecule has 2 aromatic carbocycles. The first-order valence-corrected chi connectivity index (χ1v) is 12.3. The van der Waals surface area contributed by atoms with Gasteiger partial charge in [0.15, 0.2) is 0 Å². The highest BCUT2D eigenvalue weighted by molar-refractivity contribution is 6.43. The normalized spacial score (nSPS) is 12.2. The third-order valence-electron chi connectivity index (χ3n) is 5.89. The van der Waals surface area contributed by atoms with E-state index in [1.54, 1.807) is 0 Å². The molecule has 0 aliphatic rings. The van der Waals surface area contributed by atoms with E-state index >= 15 is 0 Å². The summed E-state index contributed by atoms with van der Waals surface area (Å²) in [4.78, 5) is 14.8. The maximum Gasteiger partial charge on any atom is 0.0654 e. The Labute approximate surface area is 196 Å². The van der Waals surface area contributed by atoms with E-state index in [2.05, 4.69) is 100 Å². The fourth-order valence-electron chi connectivity index (χ4n) is 3.49. The minimum Gasteiger partial charge on any atom is -0.375 e. The Kier molecular flexibility index (Phi) is 11.0. The van der Waals surface area contributed by atoms with Crippen molar-refractivity contribution >= 4 is 34.2 Å². The van der Waals surface area contributed by atoms with Gasteiger partial charge >= 0.3 is 0 Å². The summed E-state index contributed by atoms with van der Waals surface area (Å²) in [7, 11) is 4.24. The molecule has 0 atom stereocenters. The molecule has 0 saturated carbocycles. The number of nitrogens with zero attached hydrogens (tertiary/aromatic N) is 4. The highest BCUT2D eigenvalue weighted by Crippen LogP contribution is 2.25. The Morgan fingerprint density at radius 2 is 1.06 bits per heavy atom. The van der Waals surface area contributed by atoms with Crippen molar-refractivity contribution in [1.29, 1.82) is 0 Å². The number of anilines is 2. The van der Waals surface area contributed by atoms with Gasteiger partial charge in [-0.05, 0) is 75.9 Å². The van der Waals surface area contributed by atoms with Crippen LogP contribution in [0.2, 0.25) is 0 Å². The van der Waals surface area contributed by atoms with Crippen molar-refractivity contribution in [2.24, 2.45) is 9.98 Å². The van der Waals surface area contributed by atoms with Gasteiger partial charge in [0.25, 0.3) is 0 Å². The average Bonchev–Trinajstić information content (AvgIpc) is 2.83. The molecule has 174 valence electrons. The van der Waals surface area contributed by atoms with E-state index in [1.165, 1.54) is 11.4 Å². The molecule has 0 bridgehead atoms. The van der Waals surface area contributed by atoms with Gasteiger partial charge in [0.1, 0.15) is 0 Å². The first-order valence-electron chi connectivity index (χ1n) is 12.3. The molecule has 4 nitrogen and oxygen atoms in total. The van der Waals surface area contributed by atoms with E-state index in [1.807, 2.05) is 0 Å². The summed E-state index contributed by atoms with van der Waals surface area (Å²) in [5.74, 6) is 0. The third kappa shape index (κ3) is 7.81. The SMILES string of the molecule is CCCCC(=Nc1cccc(N(C)CC)c1)C(CCCC)=Nc1cccc(N(C)CC)c1. The van der Waals surface area contributed by atoms with Crippen LogP contribution in [0.4, 0.5) is 22.7 Å². The van der Waals surface area contributed by atoms with Gasteiger partial charge in [-0.1, -0.05) is 38.8 Å². The van der Waals surface area contributed by atoms with Gasteiger partial charge in [-0.2, -0.15) is 0 Å². The first kappa shape index (κ1) is 25.6. The van der Waals surface area contributed by atoms with Crippen LogP contribution in [0.1, 0.15) is 66.2 Å². The maximum atomic E-state index is 5.15. The van der Waals surface area contributed by atoms with Gasteiger partial charge in [-0.3, -0.25) is 9.98 Å². The largest absolute Gasteiger partial charge is 0.375 e. The van der Waals surface area contributed by atoms with Crippen molar-refractivity contribution in [3.05, 3.63) is 48.5 Å². The van der Waals surface area contributed by atoms with Crippen LogP contribution < -0.4 is 9.80 Å². The van der Waals surface area contributed by atoms with Crippen LogP contribution in [-0.4, -0.2) is 38.6 Å². The van der Waals surface area contributed by atoms with Crippen molar-refractivity contribution in [2.45, 2.75) is 66.2 Å². The molecule has 0 aromatic heterocycles. The summed E-state index contributed by atoms with van der Waals surface area (Å²) in [6.07, 6.45) is 6.46. The minimum absolute atomic E-state index is 0.960. The lowest BCUT2D eigenvalue weighted by molar-refractivity contribution is 0.824. The standard InChI is InChI=1S/C28H42N4/c1-7-11-19-27(29-23-15-13-17-25(21-23)31(5)9-3)28(20-12-8-2)30-24-16-14-18-26(22-24)32(6)10-4/h13-18,21-22H,7-12,19-20H2,1-6H3. The molecule has 0 fully saturated rings. The molecular formula is C28H42N4. The van der Waals surface area contributed by atoms with Crippen LogP contribution in [0.15, 0.2) is 58.5 Å². The monoisotopic (exact) mass is 434 g/mol. The fraction of sp³-hybridized carbons (Fsp3) is 0.500. The Morgan fingerprint density at radius 3 is 1.41 bits per heavy atom. The van der Waals surface area contributed by atoms with Crippen LogP contribution >= 0.6 is 0 Å². The number of rotatable bonds is 13. The van der Waals surface area contributed by atoms with E-state index in [9.17, 15) is 0 Å². The number of unbranched alkanes of at least 4 members (excludes halogenated alkanes) is 2. The number of benzene rings is 2. The Bertz CT molecular complexity index is 811. The minimum atomic E-state index is 0.960. The van der Waals surface area contributed by atoms with Gasteiger partial charge in [-0.15, -0.1) is 0 Å². The second-order valence-corrected chi connectivity index (χ2v) is 8.39. The van der Waals surface area contributed by atoms with E-state index in [0.29, 0.717) is 0 Å². The third-order valence-corrected chi connectivity index (χ3v) is 5.89. The summed E-state index contributed by atoms with van der Waals surface area (Å²) in [5.41, 5.74) is 6.68. The topological polar surface area (TPSA) is 31.2 Å². The molecule has 0 saturated heterocycles. The van der Waals surface area contributed by atoms with Crippen LogP contribution in [-0.2, 0) is 0 Å². The predicted octanol–water partition coefficient (Wildman–Crippen LogP) is 7.82. The summed E-state index contributed by atoms with van der Waals surface area (Å²) >= 11 is 0. The van der Waals surface area contributed by atoms with Crippen LogP contribution in [0.3, 0.4) is 0 Å². The van der Waals surface area contributed by atoms with Crippen LogP contribution in [0.5, 0.6) is 0 Å². The summed E-state index contributed by atoms with van der Waals surface area (Å²) in [6.45, 7) is 10.8. The fourth-order valence-corrected chi connectivity index (χ4v) is 3.49. The Balaban J connectivity index is 2.49. The molecule has 0 unspecified atom stereocenters. The molecule has 0 spiro atoms. The first-order chi connectivity index (χ1) is 15.5.